The van der Waals surface area contributed by atoms with Gasteiger partial charge in [-0.05, 0) is 17.7 Å². The molecule has 0 aliphatic carbocycles. The number of halogens is 6. The van der Waals surface area contributed by atoms with Gasteiger partial charge in [0.25, 0.3) is 5.91 Å². The number of anilines is 1. The number of nitrogens with one attached hydrogen (secondary N) is 1. The molecule has 12 heteroatoms. The Bertz CT molecular complexity index is 1080. The van der Waals surface area contributed by atoms with Gasteiger partial charge in [-0.3, -0.25) is 14.5 Å². The molecule has 0 bridgehead atoms. The summed E-state index contributed by atoms with van der Waals surface area (Å²) in [5, 5.41) is 5.65. The largest absolute Gasteiger partial charge is 0.471 e. The molecule has 1 amide bonds. The number of rotatable bonds is 5. The van der Waals surface area contributed by atoms with E-state index in [4.69, 9.17) is 4.74 Å². The first-order valence-electron chi connectivity index (χ1n) is 8.62. The zero-order chi connectivity index (χ0) is 22.8. The number of pyridine rings is 1. The minimum Gasteiger partial charge on any atom is -0.471 e. The summed E-state index contributed by atoms with van der Waals surface area (Å²) in [4.78, 5) is 15.7. The fraction of sp³-hybridized carbons (Fsp3) is 0.211. The molecule has 31 heavy (non-hydrogen) atoms. The Balaban J connectivity index is 1.91. The average Bonchev–Trinajstić information content (AvgIpc) is 3.03. The van der Waals surface area contributed by atoms with Crippen LogP contribution >= 0.6 is 0 Å². The maximum Gasteiger partial charge on any atom is 0.433 e. The number of benzene rings is 1. The van der Waals surface area contributed by atoms with Gasteiger partial charge in [0.1, 0.15) is 23.6 Å². The number of carbonyl (C=O) groups excluding carboxylic acids is 1. The molecule has 1 N–H and O–H groups in total. The predicted molar refractivity (Wildman–Crippen MR) is 96.2 cm³/mol. The molecule has 2 aromatic heterocycles. The summed E-state index contributed by atoms with van der Waals surface area (Å²) in [5.74, 6) is -2.13. The van der Waals surface area contributed by atoms with E-state index in [0.717, 1.165) is 19.3 Å². The van der Waals surface area contributed by atoms with Gasteiger partial charge in [-0.25, -0.2) is 0 Å². The Morgan fingerprint density at radius 2 is 1.74 bits per heavy atom. The van der Waals surface area contributed by atoms with Crippen molar-refractivity contribution in [2.24, 2.45) is 7.05 Å². The monoisotopic (exact) mass is 444 g/mol. The SMILES string of the molecule is Cn1nc(OCc2ccccc2)c(C(F)(F)F)c1C(=O)Nc1ccnc(C(F)(F)F)c1. The standard InChI is InChI=1S/C19H14F6N4O2/c1-29-15(16(30)27-12-7-8-26-13(9-12)18(20,21)22)14(19(23,24)25)17(28-29)31-10-11-5-3-2-4-6-11/h2-9H,10H2,1H3,(H,26,27,30). The van der Waals surface area contributed by atoms with Crippen molar-refractivity contribution in [3.8, 4) is 5.88 Å². The van der Waals surface area contributed by atoms with Crippen molar-refractivity contribution in [3.05, 3.63) is 71.2 Å². The minimum atomic E-state index is -5.01. The molecular formula is C19H14F6N4O2. The van der Waals surface area contributed by atoms with Gasteiger partial charge in [0.2, 0.25) is 5.88 Å². The van der Waals surface area contributed by atoms with E-state index in [1.807, 2.05) is 5.32 Å². The Morgan fingerprint density at radius 1 is 1.06 bits per heavy atom. The number of amides is 1. The topological polar surface area (TPSA) is 69.0 Å². The second-order valence-electron chi connectivity index (χ2n) is 6.31. The molecule has 0 saturated heterocycles. The van der Waals surface area contributed by atoms with Crippen LogP contribution in [-0.2, 0) is 26.0 Å². The van der Waals surface area contributed by atoms with Crippen LogP contribution in [-0.4, -0.2) is 20.7 Å². The van der Waals surface area contributed by atoms with Gasteiger partial charge in [0.05, 0.1) is 0 Å². The summed E-state index contributed by atoms with van der Waals surface area (Å²) in [6.45, 7) is -0.235. The lowest BCUT2D eigenvalue weighted by atomic mass is 10.2. The van der Waals surface area contributed by atoms with Gasteiger partial charge < -0.3 is 10.1 Å². The van der Waals surface area contributed by atoms with Crippen LogP contribution in [0.25, 0.3) is 0 Å². The third-order valence-corrected chi connectivity index (χ3v) is 4.04. The highest BCUT2D eigenvalue weighted by Crippen LogP contribution is 2.39. The van der Waals surface area contributed by atoms with Gasteiger partial charge in [0.15, 0.2) is 0 Å². The summed E-state index contributed by atoms with van der Waals surface area (Å²) < 4.78 is 85.3. The number of alkyl halides is 6. The lowest BCUT2D eigenvalue weighted by Crippen LogP contribution is -2.21. The molecule has 0 radical (unpaired) electrons. The van der Waals surface area contributed by atoms with E-state index in [-0.39, 0.29) is 12.3 Å². The predicted octanol–water partition coefficient (Wildman–Crippen LogP) is 4.68. The second kappa shape index (κ2) is 8.28. The van der Waals surface area contributed by atoms with Crippen LogP contribution in [0.3, 0.4) is 0 Å². The third-order valence-electron chi connectivity index (χ3n) is 4.04. The zero-order valence-electron chi connectivity index (χ0n) is 15.8. The van der Waals surface area contributed by atoms with E-state index < -0.39 is 41.1 Å². The number of aromatic nitrogens is 3. The summed E-state index contributed by atoms with van der Waals surface area (Å²) in [6.07, 6.45) is -9.02. The number of aryl methyl sites for hydroxylation is 1. The summed E-state index contributed by atoms with van der Waals surface area (Å²) >= 11 is 0. The molecule has 0 atom stereocenters. The van der Waals surface area contributed by atoms with Crippen LogP contribution in [0.1, 0.15) is 27.3 Å². The van der Waals surface area contributed by atoms with E-state index in [1.54, 1.807) is 30.3 Å². The molecule has 3 rings (SSSR count). The van der Waals surface area contributed by atoms with Crippen LogP contribution in [0.15, 0.2) is 48.7 Å². The van der Waals surface area contributed by atoms with Crippen molar-refractivity contribution in [1.82, 2.24) is 14.8 Å². The molecule has 1 aromatic carbocycles. The molecule has 6 nitrogen and oxygen atoms in total. The maximum atomic E-state index is 13.7. The van der Waals surface area contributed by atoms with Crippen LogP contribution in [0.4, 0.5) is 32.0 Å². The highest BCUT2D eigenvalue weighted by molar-refractivity contribution is 6.04. The molecular weight excluding hydrogens is 430 g/mol. The molecule has 2 heterocycles. The fourth-order valence-electron chi connectivity index (χ4n) is 2.70. The smallest absolute Gasteiger partial charge is 0.433 e. The number of carbonyl (C=O) groups is 1. The van der Waals surface area contributed by atoms with Crippen LogP contribution < -0.4 is 10.1 Å². The molecule has 0 aliphatic heterocycles. The number of hydrogen-bond donors (Lipinski definition) is 1. The highest BCUT2D eigenvalue weighted by atomic mass is 19.4. The summed E-state index contributed by atoms with van der Waals surface area (Å²) in [7, 11) is 1.09. The summed E-state index contributed by atoms with van der Waals surface area (Å²) in [5.41, 5.74) is -3.47. The first kappa shape index (κ1) is 22.1. The molecule has 0 spiro atoms. The second-order valence-corrected chi connectivity index (χ2v) is 6.31. The normalized spacial score (nSPS) is 12.0. The number of hydrogen-bond acceptors (Lipinski definition) is 4. The van der Waals surface area contributed by atoms with Crippen molar-refractivity contribution in [2.45, 2.75) is 19.0 Å². The Kier molecular flexibility index (Phi) is 5.91. The van der Waals surface area contributed by atoms with Gasteiger partial charge >= 0.3 is 12.4 Å². The molecule has 0 unspecified atom stereocenters. The van der Waals surface area contributed by atoms with Crippen molar-refractivity contribution in [1.29, 1.82) is 0 Å². The summed E-state index contributed by atoms with van der Waals surface area (Å²) in [6, 6.07) is 9.85. The molecule has 0 saturated carbocycles. The Morgan fingerprint density at radius 3 is 2.35 bits per heavy atom. The van der Waals surface area contributed by atoms with Crippen LogP contribution in [0.5, 0.6) is 5.88 Å². The highest BCUT2D eigenvalue weighted by Gasteiger charge is 2.43. The molecule has 164 valence electrons. The van der Waals surface area contributed by atoms with Crippen molar-refractivity contribution in [2.75, 3.05) is 5.32 Å². The lowest BCUT2D eigenvalue weighted by molar-refractivity contribution is -0.141. The van der Waals surface area contributed by atoms with Crippen molar-refractivity contribution < 1.29 is 35.9 Å². The minimum absolute atomic E-state index is 0.235. The fourth-order valence-corrected chi connectivity index (χ4v) is 2.70. The molecule has 3 aromatic rings. The van der Waals surface area contributed by atoms with Gasteiger partial charge in [-0.2, -0.15) is 26.3 Å². The van der Waals surface area contributed by atoms with E-state index in [0.29, 0.717) is 16.3 Å². The third kappa shape index (κ3) is 5.13. The quantitative estimate of drug-likeness (QED) is 0.580. The van der Waals surface area contributed by atoms with Gasteiger partial charge in [-0.15, -0.1) is 5.10 Å². The van der Waals surface area contributed by atoms with Crippen molar-refractivity contribution >= 4 is 11.6 Å². The van der Waals surface area contributed by atoms with Crippen molar-refractivity contribution in [3.63, 3.8) is 0 Å². The number of ether oxygens (including phenoxy) is 1. The first-order chi connectivity index (χ1) is 14.5. The van der Waals surface area contributed by atoms with E-state index in [2.05, 4.69) is 10.1 Å². The molecule has 0 fully saturated rings. The first-order valence-corrected chi connectivity index (χ1v) is 8.62. The van der Waals surface area contributed by atoms with Gasteiger partial charge in [-0.1, -0.05) is 30.3 Å². The van der Waals surface area contributed by atoms with Crippen LogP contribution in [0.2, 0.25) is 0 Å². The zero-order valence-corrected chi connectivity index (χ0v) is 15.8. The Hall–Kier alpha value is -3.57. The van der Waals surface area contributed by atoms with E-state index >= 15 is 0 Å². The van der Waals surface area contributed by atoms with E-state index in [1.165, 1.54) is 0 Å². The maximum absolute atomic E-state index is 13.7. The average molecular weight is 444 g/mol. The Labute approximate surface area is 171 Å². The van der Waals surface area contributed by atoms with E-state index in [9.17, 15) is 31.1 Å². The van der Waals surface area contributed by atoms with Gasteiger partial charge in [0, 0.05) is 18.9 Å². The molecule has 0 aliphatic rings. The number of nitrogens with zero attached hydrogens (tertiary/aromatic N) is 3. The lowest BCUT2D eigenvalue weighted by Gasteiger charge is -2.12. The van der Waals surface area contributed by atoms with Crippen LogP contribution in [0, 0.1) is 0 Å².